The molecular weight excluding hydrogens is 409 g/mol. The van der Waals surface area contributed by atoms with E-state index in [1.807, 2.05) is 47.4 Å². The lowest BCUT2D eigenvalue weighted by Crippen LogP contribution is -1.81. The zero-order chi connectivity index (χ0) is 14.9. The molecule has 0 spiro atoms. The van der Waals surface area contributed by atoms with Crippen molar-refractivity contribution < 1.29 is 3.07 Å². The Morgan fingerprint density at radius 2 is 1.59 bits per heavy atom. The van der Waals surface area contributed by atoms with Crippen molar-refractivity contribution in [3.8, 4) is 27.6 Å². The van der Waals surface area contributed by atoms with E-state index in [9.17, 15) is 0 Å². The van der Waals surface area contributed by atoms with E-state index in [1.54, 1.807) is 4.52 Å². The standard InChI is InChI=1S/C16H10IN3OS/c17-21-16-19-20-10-14(18-15(20)22-16)13-8-6-12(7-9-13)11-4-2-1-3-5-11/h1-10H. The molecule has 0 saturated heterocycles. The van der Waals surface area contributed by atoms with Crippen LogP contribution < -0.4 is 3.07 Å². The molecule has 0 bridgehead atoms. The molecule has 0 aliphatic heterocycles. The van der Waals surface area contributed by atoms with Crippen LogP contribution in [0.15, 0.2) is 60.8 Å². The first-order chi connectivity index (χ1) is 10.8. The topological polar surface area (TPSA) is 39.4 Å². The Labute approximate surface area is 145 Å². The summed E-state index contributed by atoms with van der Waals surface area (Å²) in [5.41, 5.74) is 4.40. The molecule has 2 aromatic heterocycles. The van der Waals surface area contributed by atoms with Crippen LogP contribution in [0.5, 0.6) is 5.19 Å². The number of aromatic nitrogens is 3. The quantitative estimate of drug-likeness (QED) is 0.446. The van der Waals surface area contributed by atoms with E-state index < -0.39 is 0 Å². The Bertz CT molecular complexity index is 884. The highest BCUT2D eigenvalue weighted by Gasteiger charge is 2.10. The number of halogens is 1. The Morgan fingerprint density at radius 3 is 2.27 bits per heavy atom. The summed E-state index contributed by atoms with van der Waals surface area (Å²) >= 11 is 3.25. The van der Waals surface area contributed by atoms with E-state index in [2.05, 4.69) is 46.5 Å². The van der Waals surface area contributed by atoms with Crippen LogP contribution in [0, 0.1) is 0 Å². The van der Waals surface area contributed by atoms with E-state index in [0.29, 0.717) is 5.19 Å². The average Bonchev–Trinajstić information content (AvgIpc) is 3.14. The lowest BCUT2D eigenvalue weighted by molar-refractivity contribution is 0.681. The summed E-state index contributed by atoms with van der Waals surface area (Å²) in [5.74, 6) is 0. The fourth-order valence-electron chi connectivity index (χ4n) is 2.32. The molecule has 0 unspecified atom stereocenters. The number of benzene rings is 2. The van der Waals surface area contributed by atoms with Crippen LogP contribution in [0.1, 0.15) is 0 Å². The monoisotopic (exact) mass is 419 g/mol. The lowest BCUT2D eigenvalue weighted by Gasteiger charge is -2.02. The predicted octanol–water partition coefficient (Wildman–Crippen LogP) is 4.85. The summed E-state index contributed by atoms with van der Waals surface area (Å²) in [6.45, 7) is 0. The number of fused-ring (bicyclic) bond motifs is 1. The smallest absolute Gasteiger partial charge is 0.303 e. The van der Waals surface area contributed by atoms with Crippen LogP contribution >= 0.6 is 34.3 Å². The lowest BCUT2D eigenvalue weighted by atomic mass is 10.0. The van der Waals surface area contributed by atoms with E-state index in [-0.39, 0.29) is 0 Å². The van der Waals surface area contributed by atoms with Crippen LogP contribution in [0.3, 0.4) is 0 Å². The Hall–Kier alpha value is -1.93. The Morgan fingerprint density at radius 1 is 0.909 bits per heavy atom. The SMILES string of the molecule is IOc1nn2cc(-c3ccc(-c4ccccc4)cc3)nc2s1. The molecule has 108 valence electrons. The number of hydrogen-bond acceptors (Lipinski definition) is 4. The van der Waals surface area contributed by atoms with Gasteiger partial charge < -0.3 is 3.07 Å². The molecule has 0 atom stereocenters. The van der Waals surface area contributed by atoms with Crippen molar-refractivity contribution in [2.45, 2.75) is 0 Å². The van der Waals surface area contributed by atoms with Crippen LogP contribution in [-0.2, 0) is 0 Å². The first-order valence-electron chi connectivity index (χ1n) is 6.64. The number of imidazole rings is 1. The summed E-state index contributed by atoms with van der Waals surface area (Å²) in [7, 11) is 0. The van der Waals surface area contributed by atoms with Crippen molar-refractivity contribution in [1.29, 1.82) is 0 Å². The maximum atomic E-state index is 5.08. The predicted molar refractivity (Wildman–Crippen MR) is 96.4 cm³/mol. The largest absolute Gasteiger partial charge is 0.398 e. The highest BCUT2D eigenvalue weighted by atomic mass is 127. The minimum atomic E-state index is 0.606. The second-order valence-corrected chi connectivity index (χ2v) is 6.10. The maximum Gasteiger partial charge on any atom is 0.303 e. The minimum absolute atomic E-state index is 0.606. The highest BCUT2D eigenvalue weighted by Crippen LogP contribution is 2.28. The fraction of sp³-hybridized carbons (Fsp3) is 0. The molecule has 2 aromatic carbocycles. The van der Waals surface area contributed by atoms with Gasteiger partial charge in [0.05, 0.1) is 11.9 Å². The third kappa shape index (κ3) is 2.48. The summed E-state index contributed by atoms with van der Waals surface area (Å²) in [6.07, 6.45) is 1.92. The number of nitrogens with zero attached hydrogens (tertiary/aromatic N) is 3. The zero-order valence-electron chi connectivity index (χ0n) is 11.3. The molecule has 0 aliphatic carbocycles. The van der Waals surface area contributed by atoms with Gasteiger partial charge in [0.2, 0.25) is 4.96 Å². The van der Waals surface area contributed by atoms with Gasteiger partial charge in [-0.25, -0.2) is 9.50 Å². The van der Waals surface area contributed by atoms with Crippen molar-refractivity contribution in [2.24, 2.45) is 0 Å². The van der Waals surface area contributed by atoms with Crippen molar-refractivity contribution in [3.63, 3.8) is 0 Å². The van der Waals surface area contributed by atoms with Gasteiger partial charge >= 0.3 is 5.19 Å². The molecule has 0 amide bonds. The maximum absolute atomic E-state index is 5.08. The van der Waals surface area contributed by atoms with E-state index in [0.717, 1.165) is 16.2 Å². The van der Waals surface area contributed by atoms with Crippen LogP contribution in [0.25, 0.3) is 27.3 Å². The summed E-state index contributed by atoms with van der Waals surface area (Å²) in [5, 5.41) is 4.89. The van der Waals surface area contributed by atoms with E-state index >= 15 is 0 Å². The number of rotatable bonds is 3. The van der Waals surface area contributed by atoms with Gasteiger partial charge in [0.15, 0.2) is 23.0 Å². The molecule has 0 fully saturated rings. The van der Waals surface area contributed by atoms with Gasteiger partial charge in [-0.2, -0.15) is 0 Å². The molecule has 4 rings (SSSR count). The third-order valence-corrected chi connectivity index (χ3v) is 4.89. The molecule has 0 radical (unpaired) electrons. The van der Waals surface area contributed by atoms with Crippen molar-refractivity contribution in [1.82, 2.24) is 14.6 Å². The van der Waals surface area contributed by atoms with Gasteiger partial charge in [0.25, 0.3) is 0 Å². The van der Waals surface area contributed by atoms with Crippen molar-refractivity contribution in [3.05, 3.63) is 60.8 Å². The second-order valence-electron chi connectivity index (χ2n) is 4.74. The Kier molecular flexibility index (Phi) is 3.55. The number of hydrogen-bond donors (Lipinski definition) is 0. The van der Waals surface area contributed by atoms with Gasteiger partial charge in [-0.05, 0) is 22.5 Å². The molecular formula is C16H10IN3OS. The van der Waals surface area contributed by atoms with Crippen LogP contribution in [-0.4, -0.2) is 14.6 Å². The molecule has 6 heteroatoms. The van der Waals surface area contributed by atoms with Gasteiger partial charge in [-0.1, -0.05) is 54.6 Å². The second kappa shape index (κ2) is 5.69. The normalized spacial score (nSPS) is 11.0. The van der Waals surface area contributed by atoms with Crippen LogP contribution in [0.4, 0.5) is 0 Å². The first kappa shape index (κ1) is 13.7. The molecule has 4 nitrogen and oxygen atoms in total. The third-order valence-electron chi connectivity index (χ3n) is 3.38. The van der Waals surface area contributed by atoms with Gasteiger partial charge in [0, 0.05) is 5.56 Å². The Balaban J connectivity index is 1.68. The molecule has 4 aromatic rings. The first-order valence-corrected chi connectivity index (χ1v) is 8.34. The average molecular weight is 419 g/mol. The van der Waals surface area contributed by atoms with E-state index in [4.69, 9.17) is 3.07 Å². The highest BCUT2D eigenvalue weighted by molar-refractivity contribution is 14.1. The minimum Gasteiger partial charge on any atom is -0.398 e. The van der Waals surface area contributed by atoms with Gasteiger partial charge in [-0.15, -0.1) is 5.10 Å². The van der Waals surface area contributed by atoms with Gasteiger partial charge in [0.1, 0.15) is 0 Å². The summed E-state index contributed by atoms with van der Waals surface area (Å²) in [6, 6.07) is 18.7. The van der Waals surface area contributed by atoms with Gasteiger partial charge in [-0.3, -0.25) is 0 Å². The molecule has 2 heterocycles. The molecule has 0 aliphatic rings. The summed E-state index contributed by atoms with van der Waals surface area (Å²) < 4.78 is 6.83. The molecule has 22 heavy (non-hydrogen) atoms. The van der Waals surface area contributed by atoms with Crippen LogP contribution in [0.2, 0.25) is 0 Å². The molecule has 0 N–H and O–H groups in total. The fourth-order valence-corrected chi connectivity index (χ4v) is 3.32. The molecule has 0 saturated carbocycles. The van der Waals surface area contributed by atoms with Crippen molar-refractivity contribution in [2.75, 3.05) is 0 Å². The van der Waals surface area contributed by atoms with Crippen molar-refractivity contribution >= 4 is 39.3 Å². The zero-order valence-corrected chi connectivity index (χ0v) is 14.3. The summed E-state index contributed by atoms with van der Waals surface area (Å²) in [4.78, 5) is 5.42. The van der Waals surface area contributed by atoms with E-state index in [1.165, 1.54) is 22.5 Å².